The van der Waals surface area contributed by atoms with Gasteiger partial charge in [0, 0.05) is 26.1 Å². The third-order valence-corrected chi connectivity index (χ3v) is 4.60. The van der Waals surface area contributed by atoms with E-state index in [1.54, 1.807) is 31.4 Å². The van der Waals surface area contributed by atoms with E-state index >= 15 is 0 Å². The third-order valence-electron chi connectivity index (χ3n) is 3.41. The van der Waals surface area contributed by atoms with Crippen LogP contribution in [0.15, 0.2) is 24.3 Å². The average Bonchev–Trinajstić information content (AvgIpc) is 2.50. The van der Waals surface area contributed by atoms with E-state index in [0.717, 1.165) is 12.8 Å². The number of sulfonamides is 1. The van der Waals surface area contributed by atoms with Crippen LogP contribution in [0.1, 0.15) is 12.8 Å². The van der Waals surface area contributed by atoms with Crippen molar-refractivity contribution >= 4 is 21.6 Å². The van der Waals surface area contributed by atoms with Gasteiger partial charge in [0.15, 0.2) is 0 Å². The summed E-state index contributed by atoms with van der Waals surface area (Å²) in [6.07, 6.45) is 1.90. The standard InChI is InChI=1S/C16H27N3O4S/c1-18(2)13-11-17-16(20)6-5-12-19(24(4,21)22)14-7-9-15(23-3)10-8-14/h7-10H,5-6,11-13H2,1-4H3,(H,17,20). The van der Waals surface area contributed by atoms with Crippen LogP contribution in [0.5, 0.6) is 5.75 Å². The Labute approximate surface area is 144 Å². The van der Waals surface area contributed by atoms with Crippen molar-refractivity contribution in [3.63, 3.8) is 0 Å². The van der Waals surface area contributed by atoms with Crippen molar-refractivity contribution in [2.45, 2.75) is 12.8 Å². The lowest BCUT2D eigenvalue weighted by Crippen LogP contribution is -2.33. The van der Waals surface area contributed by atoms with Crippen LogP contribution in [0.4, 0.5) is 5.69 Å². The van der Waals surface area contributed by atoms with E-state index in [4.69, 9.17) is 4.74 Å². The number of methoxy groups -OCH3 is 1. The molecule has 0 bridgehead atoms. The highest BCUT2D eigenvalue weighted by Gasteiger charge is 2.17. The van der Waals surface area contributed by atoms with Gasteiger partial charge < -0.3 is 15.0 Å². The molecule has 136 valence electrons. The monoisotopic (exact) mass is 357 g/mol. The Morgan fingerprint density at radius 2 is 1.79 bits per heavy atom. The molecule has 7 nitrogen and oxygen atoms in total. The number of hydrogen-bond donors (Lipinski definition) is 1. The molecule has 1 amide bonds. The number of hydrogen-bond acceptors (Lipinski definition) is 5. The number of ether oxygens (including phenoxy) is 1. The van der Waals surface area contributed by atoms with E-state index in [-0.39, 0.29) is 18.9 Å². The molecule has 1 aromatic carbocycles. The molecule has 0 saturated heterocycles. The third kappa shape index (κ3) is 7.18. The summed E-state index contributed by atoms with van der Waals surface area (Å²) >= 11 is 0. The van der Waals surface area contributed by atoms with Gasteiger partial charge in [-0.3, -0.25) is 9.10 Å². The molecule has 0 saturated carbocycles. The van der Waals surface area contributed by atoms with Gasteiger partial charge in [-0.1, -0.05) is 0 Å². The number of amides is 1. The topological polar surface area (TPSA) is 79.0 Å². The van der Waals surface area contributed by atoms with Crippen LogP contribution in [0.2, 0.25) is 0 Å². The van der Waals surface area contributed by atoms with Crippen LogP contribution in [0.3, 0.4) is 0 Å². The van der Waals surface area contributed by atoms with Crippen LogP contribution in [-0.2, 0) is 14.8 Å². The first kappa shape index (κ1) is 20.2. The summed E-state index contributed by atoms with van der Waals surface area (Å²) in [6, 6.07) is 6.80. The van der Waals surface area contributed by atoms with Crippen molar-refractivity contribution in [1.82, 2.24) is 10.2 Å². The van der Waals surface area contributed by atoms with E-state index in [1.165, 1.54) is 4.31 Å². The highest BCUT2D eigenvalue weighted by molar-refractivity contribution is 7.92. The van der Waals surface area contributed by atoms with E-state index in [2.05, 4.69) is 5.32 Å². The van der Waals surface area contributed by atoms with E-state index in [0.29, 0.717) is 24.4 Å². The minimum absolute atomic E-state index is 0.0694. The molecular weight excluding hydrogens is 330 g/mol. The first-order valence-electron chi connectivity index (χ1n) is 7.77. The fourth-order valence-electron chi connectivity index (χ4n) is 2.13. The number of anilines is 1. The summed E-state index contributed by atoms with van der Waals surface area (Å²) in [5, 5.41) is 2.82. The number of likely N-dealkylation sites (N-methyl/N-ethyl adjacent to an activating group) is 1. The van der Waals surface area contributed by atoms with Crippen LogP contribution in [0, 0.1) is 0 Å². The molecule has 1 rings (SSSR count). The highest BCUT2D eigenvalue weighted by Crippen LogP contribution is 2.21. The average molecular weight is 357 g/mol. The molecule has 0 radical (unpaired) electrons. The van der Waals surface area contributed by atoms with Gasteiger partial charge in [0.1, 0.15) is 5.75 Å². The molecule has 24 heavy (non-hydrogen) atoms. The molecule has 0 aliphatic heterocycles. The lowest BCUT2D eigenvalue weighted by molar-refractivity contribution is -0.121. The van der Waals surface area contributed by atoms with E-state index in [9.17, 15) is 13.2 Å². The van der Waals surface area contributed by atoms with E-state index in [1.807, 2.05) is 19.0 Å². The van der Waals surface area contributed by atoms with Crippen LogP contribution in [0.25, 0.3) is 0 Å². The molecule has 0 aliphatic rings. The summed E-state index contributed by atoms with van der Waals surface area (Å²) in [4.78, 5) is 13.7. The molecule has 0 aliphatic carbocycles. The second-order valence-electron chi connectivity index (χ2n) is 5.79. The number of rotatable bonds is 10. The molecular formula is C16H27N3O4S. The molecule has 0 spiro atoms. The highest BCUT2D eigenvalue weighted by atomic mass is 32.2. The lowest BCUT2D eigenvalue weighted by Gasteiger charge is -2.22. The molecule has 0 aromatic heterocycles. The molecule has 0 heterocycles. The van der Waals surface area contributed by atoms with Gasteiger partial charge in [-0.2, -0.15) is 0 Å². The normalized spacial score (nSPS) is 11.4. The molecule has 0 fully saturated rings. The summed E-state index contributed by atoms with van der Waals surface area (Å²) in [5.74, 6) is 0.590. The van der Waals surface area contributed by atoms with Gasteiger partial charge in [-0.05, 0) is 44.8 Å². The minimum Gasteiger partial charge on any atom is -0.497 e. The summed E-state index contributed by atoms with van der Waals surface area (Å²) in [7, 11) is 2.02. The fraction of sp³-hybridized carbons (Fsp3) is 0.562. The summed E-state index contributed by atoms with van der Waals surface area (Å²) < 4.78 is 30.4. The maximum absolute atomic E-state index is 12.0. The number of benzene rings is 1. The van der Waals surface area contributed by atoms with Gasteiger partial charge in [-0.25, -0.2) is 8.42 Å². The molecule has 0 atom stereocenters. The quantitative estimate of drug-likeness (QED) is 0.674. The van der Waals surface area contributed by atoms with Crippen molar-refractivity contribution in [2.75, 3.05) is 51.4 Å². The van der Waals surface area contributed by atoms with Gasteiger partial charge in [-0.15, -0.1) is 0 Å². The zero-order valence-electron chi connectivity index (χ0n) is 14.8. The predicted octanol–water partition coefficient (Wildman–Crippen LogP) is 0.919. The van der Waals surface area contributed by atoms with Crippen molar-refractivity contribution in [2.24, 2.45) is 0 Å². The Morgan fingerprint density at radius 1 is 1.17 bits per heavy atom. The van der Waals surface area contributed by atoms with Crippen LogP contribution in [-0.4, -0.2) is 66.3 Å². The zero-order valence-corrected chi connectivity index (χ0v) is 15.6. The van der Waals surface area contributed by atoms with Gasteiger partial charge >= 0.3 is 0 Å². The smallest absolute Gasteiger partial charge is 0.232 e. The second-order valence-corrected chi connectivity index (χ2v) is 7.70. The van der Waals surface area contributed by atoms with Crippen molar-refractivity contribution in [3.05, 3.63) is 24.3 Å². The summed E-state index contributed by atoms with van der Waals surface area (Å²) in [6.45, 7) is 1.61. The van der Waals surface area contributed by atoms with Crippen LogP contribution >= 0.6 is 0 Å². The van der Waals surface area contributed by atoms with Gasteiger partial charge in [0.25, 0.3) is 0 Å². The van der Waals surface area contributed by atoms with Crippen LogP contribution < -0.4 is 14.4 Å². The lowest BCUT2D eigenvalue weighted by atomic mass is 10.2. The minimum atomic E-state index is -3.41. The number of carbonyl (C=O) groups is 1. The summed E-state index contributed by atoms with van der Waals surface area (Å²) in [5.41, 5.74) is 0.561. The Morgan fingerprint density at radius 3 is 2.29 bits per heavy atom. The zero-order chi connectivity index (χ0) is 18.2. The molecule has 0 unspecified atom stereocenters. The Bertz CT molecular complexity index is 615. The van der Waals surface area contributed by atoms with E-state index < -0.39 is 10.0 Å². The maximum atomic E-state index is 12.0. The molecule has 8 heteroatoms. The second kappa shape index (κ2) is 9.48. The van der Waals surface area contributed by atoms with Gasteiger partial charge in [0.05, 0.1) is 19.1 Å². The maximum Gasteiger partial charge on any atom is 0.232 e. The number of nitrogens with one attached hydrogen (secondary N) is 1. The number of carbonyl (C=O) groups excluding carboxylic acids is 1. The largest absolute Gasteiger partial charge is 0.497 e. The molecule has 1 aromatic rings. The SMILES string of the molecule is COc1ccc(N(CCCC(=O)NCCN(C)C)S(C)(=O)=O)cc1. The first-order valence-corrected chi connectivity index (χ1v) is 9.62. The molecule has 1 N–H and O–H groups in total. The first-order chi connectivity index (χ1) is 11.2. The van der Waals surface area contributed by atoms with Crippen molar-refractivity contribution in [1.29, 1.82) is 0 Å². The Hall–Kier alpha value is -1.80. The van der Waals surface area contributed by atoms with Gasteiger partial charge in [0.2, 0.25) is 15.9 Å². The van der Waals surface area contributed by atoms with Crippen molar-refractivity contribution < 1.29 is 17.9 Å². The predicted molar refractivity (Wildman–Crippen MR) is 96.0 cm³/mol. The fourth-order valence-corrected chi connectivity index (χ4v) is 3.09. The Kier molecular flexibility index (Phi) is 8.00. The Balaban J connectivity index is 2.57. The van der Waals surface area contributed by atoms with Crippen molar-refractivity contribution in [3.8, 4) is 5.75 Å². The number of nitrogens with zero attached hydrogens (tertiary/aromatic N) is 2.